The van der Waals surface area contributed by atoms with Gasteiger partial charge in [0.25, 0.3) is 0 Å². The topological polar surface area (TPSA) is 55.4 Å². The molecule has 0 unspecified atom stereocenters. The van der Waals surface area contributed by atoms with Crippen molar-refractivity contribution >= 4 is 17.6 Å². The van der Waals surface area contributed by atoms with Crippen molar-refractivity contribution in [3.8, 4) is 0 Å². The van der Waals surface area contributed by atoms with E-state index in [4.69, 9.17) is 4.74 Å². The second-order valence-corrected chi connectivity index (χ2v) is 4.43. The van der Waals surface area contributed by atoms with Crippen molar-refractivity contribution in [1.29, 1.82) is 0 Å². The molecule has 1 aromatic carbocycles. The fraction of sp³-hybridized carbons (Fsp3) is 0.333. The predicted molar refractivity (Wildman–Crippen MR) is 74.8 cm³/mol. The summed E-state index contributed by atoms with van der Waals surface area (Å²) in [5.74, 6) is -0.438. The van der Waals surface area contributed by atoms with Gasteiger partial charge in [0.15, 0.2) is 0 Å². The number of aryl methyl sites for hydroxylation is 1. The van der Waals surface area contributed by atoms with E-state index in [2.05, 4.69) is 11.9 Å². The van der Waals surface area contributed by atoms with Crippen LogP contribution in [0.4, 0.5) is 5.69 Å². The summed E-state index contributed by atoms with van der Waals surface area (Å²) in [6.07, 6.45) is 2.12. The van der Waals surface area contributed by atoms with Crippen LogP contribution in [-0.4, -0.2) is 18.0 Å². The van der Waals surface area contributed by atoms with Gasteiger partial charge in [-0.3, -0.25) is 9.59 Å². The Morgan fingerprint density at radius 3 is 2.47 bits per heavy atom. The van der Waals surface area contributed by atoms with E-state index < -0.39 is 0 Å². The number of anilines is 1. The van der Waals surface area contributed by atoms with Crippen LogP contribution in [0.25, 0.3) is 0 Å². The monoisotopic (exact) mass is 261 g/mol. The quantitative estimate of drug-likeness (QED) is 0.632. The van der Waals surface area contributed by atoms with E-state index in [9.17, 15) is 9.59 Å². The van der Waals surface area contributed by atoms with Gasteiger partial charge in [-0.05, 0) is 44.0 Å². The molecule has 0 atom stereocenters. The lowest BCUT2D eigenvalue weighted by atomic mass is 10.1. The minimum atomic E-state index is -0.242. The third-order valence-electron chi connectivity index (χ3n) is 2.39. The van der Waals surface area contributed by atoms with E-state index >= 15 is 0 Å². The number of benzene rings is 1. The lowest BCUT2D eigenvalue weighted by molar-refractivity contribution is -0.147. The molecule has 0 heterocycles. The molecule has 0 fully saturated rings. The van der Waals surface area contributed by atoms with Gasteiger partial charge in [-0.1, -0.05) is 18.7 Å². The van der Waals surface area contributed by atoms with E-state index in [0.29, 0.717) is 18.5 Å². The van der Waals surface area contributed by atoms with Crippen LogP contribution in [0.1, 0.15) is 25.8 Å². The van der Waals surface area contributed by atoms with E-state index in [0.717, 1.165) is 5.56 Å². The maximum Gasteiger partial charge on any atom is 0.306 e. The van der Waals surface area contributed by atoms with Crippen LogP contribution in [-0.2, 0) is 20.7 Å². The van der Waals surface area contributed by atoms with Gasteiger partial charge >= 0.3 is 5.97 Å². The number of esters is 1. The molecule has 0 spiro atoms. The molecule has 4 nitrogen and oxygen atoms in total. The number of hydrogen-bond acceptors (Lipinski definition) is 3. The molecular formula is C15H19NO3. The van der Waals surface area contributed by atoms with Crippen LogP contribution in [0.5, 0.6) is 0 Å². The molecule has 1 rings (SSSR count). The van der Waals surface area contributed by atoms with Crippen molar-refractivity contribution in [3.63, 3.8) is 0 Å². The number of hydrogen-bond donors (Lipinski definition) is 1. The first-order chi connectivity index (χ1) is 9.01. The Hall–Kier alpha value is -2.10. The minimum Gasteiger partial charge on any atom is -0.463 e. The van der Waals surface area contributed by atoms with Crippen LogP contribution in [0.3, 0.4) is 0 Å². The minimum absolute atomic E-state index is 0.0796. The highest BCUT2D eigenvalue weighted by Gasteiger charge is 2.06. The summed E-state index contributed by atoms with van der Waals surface area (Å²) in [4.78, 5) is 22.5. The molecule has 1 N–H and O–H groups in total. The fourth-order valence-electron chi connectivity index (χ4n) is 1.52. The van der Waals surface area contributed by atoms with E-state index in [1.54, 1.807) is 12.1 Å². The number of ether oxygens (including phenoxy) is 1. The first-order valence-corrected chi connectivity index (χ1v) is 6.23. The summed E-state index contributed by atoms with van der Waals surface area (Å²) in [6.45, 7) is 7.04. The van der Waals surface area contributed by atoms with Crippen LogP contribution in [0.2, 0.25) is 0 Å². The second-order valence-electron chi connectivity index (χ2n) is 4.43. The summed E-state index contributed by atoms with van der Waals surface area (Å²) >= 11 is 0. The molecule has 0 aliphatic heterocycles. The molecule has 0 saturated carbocycles. The summed E-state index contributed by atoms with van der Waals surface area (Å²) in [7, 11) is 0. The molecular weight excluding hydrogens is 242 g/mol. The summed E-state index contributed by atoms with van der Waals surface area (Å²) in [5, 5.41) is 2.66. The normalized spacial score (nSPS) is 10.1. The van der Waals surface area contributed by atoms with Crippen molar-refractivity contribution in [2.24, 2.45) is 0 Å². The van der Waals surface area contributed by atoms with Crippen molar-refractivity contribution in [3.05, 3.63) is 42.5 Å². The predicted octanol–water partition coefficient (Wildman–Crippen LogP) is 2.70. The average Bonchev–Trinajstić information content (AvgIpc) is 2.37. The highest BCUT2D eigenvalue weighted by Crippen LogP contribution is 2.11. The summed E-state index contributed by atoms with van der Waals surface area (Å²) in [6, 6.07) is 7.34. The third-order valence-corrected chi connectivity index (χ3v) is 2.39. The molecule has 0 aliphatic rings. The number of amides is 1. The number of carbonyl (C=O) groups is 2. The lowest BCUT2D eigenvalue weighted by Crippen LogP contribution is -2.12. The summed E-state index contributed by atoms with van der Waals surface area (Å²) < 4.78 is 5.06. The van der Waals surface area contributed by atoms with Gasteiger partial charge < -0.3 is 10.1 Å². The molecule has 19 heavy (non-hydrogen) atoms. The number of carbonyl (C=O) groups excluding carboxylic acids is 2. The lowest BCUT2D eigenvalue weighted by Gasteiger charge is -2.08. The molecule has 4 heteroatoms. The standard InChI is InChI=1S/C15H19NO3/c1-4-14(17)16-13-8-5-12(6-9-13)7-10-15(18)19-11(2)3/h4-6,8-9,11H,1,7,10H2,2-3H3,(H,16,17). The molecule has 0 saturated heterocycles. The van der Waals surface area contributed by atoms with Gasteiger partial charge in [0, 0.05) is 12.1 Å². The first kappa shape index (κ1) is 15.0. The second kappa shape index (κ2) is 7.36. The zero-order chi connectivity index (χ0) is 14.3. The molecule has 102 valence electrons. The van der Waals surface area contributed by atoms with Gasteiger partial charge in [0.1, 0.15) is 0 Å². The van der Waals surface area contributed by atoms with Crippen LogP contribution in [0, 0.1) is 0 Å². The molecule has 0 bridgehead atoms. The maximum absolute atomic E-state index is 11.4. The average molecular weight is 261 g/mol. The molecule has 0 aliphatic carbocycles. The zero-order valence-corrected chi connectivity index (χ0v) is 11.3. The van der Waals surface area contributed by atoms with Gasteiger partial charge in [-0.15, -0.1) is 0 Å². The maximum atomic E-state index is 11.4. The van der Waals surface area contributed by atoms with Crippen molar-refractivity contribution in [1.82, 2.24) is 0 Å². The Morgan fingerprint density at radius 1 is 1.32 bits per heavy atom. The van der Waals surface area contributed by atoms with Crippen LogP contribution < -0.4 is 5.32 Å². The first-order valence-electron chi connectivity index (χ1n) is 6.23. The molecule has 1 aromatic rings. The van der Waals surface area contributed by atoms with Crippen LogP contribution >= 0.6 is 0 Å². The Morgan fingerprint density at radius 2 is 1.95 bits per heavy atom. The molecule has 1 amide bonds. The smallest absolute Gasteiger partial charge is 0.306 e. The highest BCUT2D eigenvalue weighted by atomic mass is 16.5. The SMILES string of the molecule is C=CC(=O)Nc1ccc(CCC(=O)OC(C)C)cc1. The Labute approximate surface area is 113 Å². The van der Waals surface area contributed by atoms with Gasteiger partial charge in [-0.25, -0.2) is 0 Å². The zero-order valence-electron chi connectivity index (χ0n) is 11.3. The van der Waals surface area contributed by atoms with Crippen molar-refractivity contribution in [2.45, 2.75) is 32.8 Å². The number of nitrogens with one attached hydrogen (secondary N) is 1. The van der Waals surface area contributed by atoms with E-state index in [1.807, 2.05) is 26.0 Å². The molecule has 0 aromatic heterocycles. The van der Waals surface area contributed by atoms with Gasteiger partial charge in [0.2, 0.25) is 5.91 Å². The highest BCUT2D eigenvalue weighted by molar-refractivity contribution is 5.98. The van der Waals surface area contributed by atoms with E-state index in [1.165, 1.54) is 6.08 Å². The Kier molecular flexibility index (Phi) is 5.79. The van der Waals surface area contributed by atoms with Crippen molar-refractivity contribution in [2.75, 3.05) is 5.32 Å². The van der Waals surface area contributed by atoms with Crippen LogP contribution in [0.15, 0.2) is 36.9 Å². The van der Waals surface area contributed by atoms with E-state index in [-0.39, 0.29) is 18.0 Å². The molecule has 0 radical (unpaired) electrons. The largest absolute Gasteiger partial charge is 0.463 e. The van der Waals surface area contributed by atoms with Crippen molar-refractivity contribution < 1.29 is 14.3 Å². The summed E-state index contributed by atoms with van der Waals surface area (Å²) in [5.41, 5.74) is 1.73. The third kappa shape index (κ3) is 5.86. The fourth-order valence-corrected chi connectivity index (χ4v) is 1.52. The van der Waals surface area contributed by atoms with Gasteiger partial charge in [-0.2, -0.15) is 0 Å². The number of rotatable bonds is 6. The Balaban J connectivity index is 2.46. The van der Waals surface area contributed by atoms with Gasteiger partial charge in [0.05, 0.1) is 6.10 Å². The Bertz CT molecular complexity index is 449.